The van der Waals surface area contributed by atoms with E-state index in [1.54, 1.807) is 23.1 Å². The number of benzene rings is 1. The van der Waals surface area contributed by atoms with Gasteiger partial charge in [-0.15, -0.1) is 0 Å². The Bertz CT molecular complexity index is 678. The summed E-state index contributed by atoms with van der Waals surface area (Å²) in [7, 11) is 0. The molecule has 2 saturated heterocycles. The summed E-state index contributed by atoms with van der Waals surface area (Å²) in [4.78, 5) is 30.8. The maximum Gasteiger partial charge on any atom is 0.255 e. The van der Waals surface area contributed by atoms with Gasteiger partial charge in [0.15, 0.2) is 0 Å². The summed E-state index contributed by atoms with van der Waals surface area (Å²) in [6, 6.07) is 4.90. The third-order valence-corrected chi connectivity index (χ3v) is 5.32. The third-order valence-electron chi connectivity index (χ3n) is 4.77. The molecule has 0 N–H and O–H groups in total. The summed E-state index contributed by atoms with van der Waals surface area (Å²) in [6.07, 6.45) is 0.0892. The van der Waals surface area contributed by atoms with Gasteiger partial charge in [0.05, 0.1) is 29.8 Å². The number of morpholine rings is 1. The molecule has 0 aliphatic carbocycles. The summed E-state index contributed by atoms with van der Waals surface area (Å²) >= 11 is 12.0. The summed E-state index contributed by atoms with van der Waals surface area (Å²) in [5.41, 5.74) is 0.461. The number of carbonyl (C=O) groups is 2. The first-order valence-electron chi connectivity index (χ1n) is 8.80. The van der Waals surface area contributed by atoms with E-state index in [2.05, 4.69) is 4.90 Å². The third kappa shape index (κ3) is 4.68. The second kappa shape index (κ2) is 8.57. The van der Waals surface area contributed by atoms with Crippen LogP contribution in [0.3, 0.4) is 0 Å². The van der Waals surface area contributed by atoms with Crippen molar-refractivity contribution in [2.45, 2.75) is 13.0 Å². The van der Waals surface area contributed by atoms with Crippen molar-refractivity contribution in [3.05, 3.63) is 33.8 Å². The number of nitrogens with zero attached hydrogens (tertiary/aromatic N) is 3. The van der Waals surface area contributed by atoms with Crippen LogP contribution in [0.4, 0.5) is 0 Å². The molecule has 26 heavy (non-hydrogen) atoms. The lowest BCUT2D eigenvalue weighted by atomic mass is 10.1. The molecule has 0 aromatic heterocycles. The molecular formula is C18H23Cl2N3O3. The highest BCUT2D eigenvalue weighted by molar-refractivity contribution is 6.36. The molecule has 3 rings (SSSR count). The Morgan fingerprint density at radius 1 is 1.12 bits per heavy atom. The van der Waals surface area contributed by atoms with Gasteiger partial charge in [-0.05, 0) is 25.1 Å². The van der Waals surface area contributed by atoms with Crippen LogP contribution in [-0.4, -0.2) is 85.0 Å². The van der Waals surface area contributed by atoms with Gasteiger partial charge in [-0.25, -0.2) is 0 Å². The van der Waals surface area contributed by atoms with Crippen molar-refractivity contribution in [1.29, 1.82) is 0 Å². The molecule has 2 aliphatic heterocycles. The second-order valence-electron chi connectivity index (χ2n) is 6.71. The van der Waals surface area contributed by atoms with E-state index in [1.165, 1.54) is 0 Å². The molecule has 0 bridgehead atoms. The molecule has 6 nitrogen and oxygen atoms in total. The van der Waals surface area contributed by atoms with Crippen LogP contribution in [0.1, 0.15) is 17.3 Å². The van der Waals surface area contributed by atoms with E-state index in [9.17, 15) is 9.59 Å². The van der Waals surface area contributed by atoms with E-state index in [4.69, 9.17) is 27.9 Å². The maximum atomic E-state index is 12.6. The van der Waals surface area contributed by atoms with Crippen molar-refractivity contribution in [1.82, 2.24) is 14.7 Å². The number of hydrogen-bond acceptors (Lipinski definition) is 4. The number of rotatable bonds is 3. The summed E-state index contributed by atoms with van der Waals surface area (Å²) in [5.74, 6) is 0.0281. The standard InChI is InChI=1S/C18H23Cl2N3O3/c1-13-11-23(8-9-26-13)17(24)12-21-4-6-22(7-5-21)18(25)15-3-2-14(19)10-16(15)20/h2-3,10,13H,4-9,11-12H2,1H3. The van der Waals surface area contributed by atoms with Gasteiger partial charge in [-0.1, -0.05) is 23.2 Å². The van der Waals surface area contributed by atoms with Gasteiger partial charge < -0.3 is 14.5 Å². The molecule has 1 atom stereocenters. The average molecular weight is 400 g/mol. The normalized spacial score (nSPS) is 21.7. The number of hydrogen-bond donors (Lipinski definition) is 0. The van der Waals surface area contributed by atoms with E-state index in [0.717, 1.165) is 0 Å². The van der Waals surface area contributed by atoms with Crippen LogP contribution in [0.2, 0.25) is 10.0 Å². The summed E-state index contributed by atoms with van der Waals surface area (Å²) in [5, 5.41) is 0.869. The monoisotopic (exact) mass is 399 g/mol. The summed E-state index contributed by atoms with van der Waals surface area (Å²) < 4.78 is 5.48. The number of amides is 2. The Hall–Kier alpha value is -1.34. The largest absolute Gasteiger partial charge is 0.375 e. The number of carbonyl (C=O) groups excluding carboxylic acids is 2. The molecule has 1 unspecified atom stereocenters. The van der Waals surface area contributed by atoms with Crippen molar-refractivity contribution in [3.63, 3.8) is 0 Å². The zero-order valence-corrected chi connectivity index (χ0v) is 16.3. The highest BCUT2D eigenvalue weighted by Gasteiger charge is 2.27. The van der Waals surface area contributed by atoms with E-state index >= 15 is 0 Å². The van der Waals surface area contributed by atoms with Crippen molar-refractivity contribution in [2.24, 2.45) is 0 Å². The highest BCUT2D eigenvalue weighted by atomic mass is 35.5. The zero-order valence-electron chi connectivity index (χ0n) is 14.8. The van der Waals surface area contributed by atoms with E-state index in [1.807, 2.05) is 11.8 Å². The first-order chi connectivity index (χ1) is 12.4. The Balaban J connectivity index is 1.51. The molecular weight excluding hydrogens is 377 g/mol. The van der Waals surface area contributed by atoms with Gasteiger partial charge in [-0.3, -0.25) is 14.5 Å². The minimum Gasteiger partial charge on any atom is -0.375 e. The Kier molecular flexibility index (Phi) is 6.40. The van der Waals surface area contributed by atoms with Crippen LogP contribution in [0.15, 0.2) is 18.2 Å². The minimum atomic E-state index is -0.0975. The molecule has 2 heterocycles. The van der Waals surface area contributed by atoms with E-state index in [-0.39, 0.29) is 17.9 Å². The topological polar surface area (TPSA) is 53.1 Å². The number of ether oxygens (including phenoxy) is 1. The summed E-state index contributed by atoms with van der Waals surface area (Å²) in [6.45, 7) is 6.74. The van der Waals surface area contributed by atoms with Crippen LogP contribution in [0, 0.1) is 0 Å². The van der Waals surface area contributed by atoms with Crippen LogP contribution in [-0.2, 0) is 9.53 Å². The maximum absolute atomic E-state index is 12.6. The van der Waals surface area contributed by atoms with Crippen LogP contribution in [0.5, 0.6) is 0 Å². The molecule has 2 aliphatic rings. The van der Waals surface area contributed by atoms with Crippen LogP contribution < -0.4 is 0 Å². The molecule has 2 amide bonds. The van der Waals surface area contributed by atoms with Gasteiger partial charge in [0.1, 0.15) is 0 Å². The second-order valence-corrected chi connectivity index (χ2v) is 7.56. The van der Waals surface area contributed by atoms with Crippen molar-refractivity contribution in [3.8, 4) is 0 Å². The zero-order chi connectivity index (χ0) is 18.7. The molecule has 0 saturated carbocycles. The van der Waals surface area contributed by atoms with Gasteiger partial charge in [0, 0.05) is 44.3 Å². The predicted octanol–water partition coefficient (Wildman–Crippen LogP) is 2.00. The fraction of sp³-hybridized carbons (Fsp3) is 0.556. The van der Waals surface area contributed by atoms with Crippen molar-refractivity contribution >= 4 is 35.0 Å². The molecule has 2 fully saturated rings. The minimum absolute atomic E-state index is 0.0892. The fourth-order valence-electron chi connectivity index (χ4n) is 3.28. The Morgan fingerprint density at radius 3 is 2.50 bits per heavy atom. The molecule has 0 radical (unpaired) electrons. The van der Waals surface area contributed by atoms with Gasteiger partial charge in [-0.2, -0.15) is 0 Å². The number of halogens is 2. The number of piperazine rings is 1. The lowest BCUT2D eigenvalue weighted by Gasteiger charge is -2.37. The van der Waals surface area contributed by atoms with Crippen LogP contribution in [0.25, 0.3) is 0 Å². The van der Waals surface area contributed by atoms with Crippen LogP contribution >= 0.6 is 23.2 Å². The smallest absolute Gasteiger partial charge is 0.255 e. The van der Waals surface area contributed by atoms with Gasteiger partial charge >= 0.3 is 0 Å². The van der Waals surface area contributed by atoms with E-state index in [0.29, 0.717) is 68.0 Å². The lowest BCUT2D eigenvalue weighted by molar-refractivity contribution is -0.139. The first-order valence-corrected chi connectivity index (χ1v) is 9.55. The first kappa shape index (κ1) is 19.4. The highest BCUT2D eigenvalue weighted by Crippen LogP contribution is 2.22. The molecule has 1 aromatic rings. The van der Waals surface area contributed by atoms with Crippen molar-refractivity contribution in [2.75, 3.05) is 52.4 Å². The van der Waals surface area contributed by atoms with E-state index < -0.39 is 0 Å². The Morgan fingerprint density at radius 2 is 1.85 bits per heavy atom. The molecule has 142 valence electrons. The Labute approximate surface area is 163 Å². The molecule has 8 heteroatoms. The van der Waals surface area contributed by atoms with Crippen molar-refractivity contribution < 1.29 is 14.3 Å². The molecule has 0 spiro atoms. The quantitative estimate of drug-likeness (QED) is 0.779. The lowest BCUT2D eigenvalue weighted by Crippen LogP contribution is -2.53. The molecule has 1 aromatic carbocycles. The predicted molar refractivity (Wildman–Crippen MR) is 101 cm³/mol. The average Bonchev–Trinajstić information content (AvgIpc) is 2.62. The fourth-order valence-corrected chi connectivity index (χ4v) is 3.77. The van der Waals surface area contributed by atoms with Gasteiger partial charge in [0.2, 0.25) is 5.91 Å². The van der Waals surface area contributed by atoms with Gasteiger partial charge in [0.25, 0.3) is 5.91 Å². The SMILES string of the molecule is CC1CN(C(=O)CN2CCN(C(=O)c3ccc(Cl)cc3Cl)CC2)CCO1.